The average Bonchev–Trinajstić information content (AvgIpc) is 2.30. The van der Waals surface area contributed by atoms with Crippen molar-refractivity contribution in [2.45, 2.75) is 13.0 Å². The molecule has 1 rings (SSSR count). The molecule has 0 spiro atoms. The summed E-state index contributed by atoms with van der Waals surface area (Å²) in [5.41, 5.74) is 0.942. The number of carbonyl (C=O) groups excluding carboxylic acids is 1. The summed E-state index contributed by atoms with van der Waals surface area (Å²) in [5, 5.41) is 5.89. The van der Waals surface area contributed by atoms with Crippen molar-refractivity contribution < 1.29 is 9.53 Å². The molecule has 1 amide bonds. The van der Waals surface area contributed by atoms with Crippen molar-refractivity contribution in [1.82, 2.24) is 5.32 Å². The highest BCUT2D eigenvalue weighted by Crippen LogP contribution is 2.06. The normalized spacial score (nSPS) is 11.9. The van der Waals surface area contributed by atoms with Gasteiger partial charge in [-0.25, -0.2) is 0 Å². The number of benzene rings is 1. The predicted octanol–water partition coefficient (Wildman–Crippen LogP) is 1.25. The number of hydrogen-bond acceptors (Lipinski definition) is 3. The van der Waals surface area contributed by atoms with E-state index in [1.807, 2.05) is 37.3 Å². The monoisotopic (exact) mass is 222 g/mol. The minimum Gasteiger partial charge on any atom is -0.383 e. The van der Waals surface area contributed by atoms with E-state index in [2.05, 4.69) is 10.6 Å². The summed E-state index contributed by atoms with van der Waals surface area (Å²) < 4.78 is 4.86. The molecule has 0 aliphatic heterocycles. The van der Waals surface area contributed by atoms with Crippen LogP contribution in [0.3, 0.4) is 0 Å². The Morgan fingerprint density at radius 1 is 1.38 bits per heavy atom. The maximum absolute atomic E-state index is 11.6. The molecule has 1 aromatic carbocycles. The fraction of sp³-hybridized carbons (Fsp3) is 0.417. The van der Waals surface area contributed by atoms with E-state index in [4.69, 9.17) is 4.74 Å². The van der Waals surface area contributed by atoms with E-state index in [9.17, 15) is 4.79 Å². The van der Waals surface area contributed by atoms with Crippen molar-refractivity contribution in [3.63, 3.8) is 0 Å². The lowest BCUT2D eigenvalue weighted by Crippen LogP contribution is -2.39. The van der Waals surface area contributed by atoms with Gasteiger partial charge >= 0.3 is 0 Å². The van der Waals surface area contributed by atoms with Gasteiger partial charge in [0.25, 0.3) is 0 Å². The van der Waals surface area contributed by atoms with Crippen LogP contribution in [0.4, 0.5) is 5.69 Å². The fourth-order valence-corrected chi connectivity index (χ4v) is 1.28. The molecule has 0 heterocycles. The van der Waals surface area contributed by atoms with Gasteiger partial charge in [0.15, 0.2) is 0 Å². The number of para-hydroxylation sites is 1. The van der Waals surface area contributed by atoms with Crippen LogP contribution in [-0.4, -0.2) is 32.2 Å². The molecule has 0 fully saturated rings. The molecule has 16 heavy (non-hydrogen) atoms. The van der Waals surface area contributed by atoms with Crippen molar-refractivity contribution in [2.24, 2.45) is 0 Å². The van der Waals surface area contributed by atoms with Gasteiger partial charge in [-0.1, -0.05) is 18.2 Å². The zero-order valence-electron chi connectivity index (χ0n) is 9.69. The van der Waals surface area contributed by atoms with E-state index in [-0.39, 0.29) is 11.9 Å². The number of nitrogens with one attached hydrogen (secondary N) is 2. The fourth-order valence-electron chi connectivity index (χ4n) is 1.28. The van der Waals surface area contributed by atoms with Crippen LogP contribution >= 0.6 is 0 Å². The first kappa shape index (κ1) is 12.5. The number of methoxy groups -OCH3 is 1. The van der Waals surface area contributed by atoms with Gasteiger partial charge in [0, 0.05) is 19.3 Å². The Hall–Kier alpha value is -1.55. The van der Waals surface area contributed by atoms with Gasteiger partial charge in [0.2, 0.25) is 5.91 Å². The Balaban J connectivity index is 2.34. The van der Waals surface area contributed by atoms with Crippen molar-refractivity contribution in [3.8, 4) is 0 Å². The third-order valence-corrected chi connectivity index (χ3v) is 2.16. The molecule has 4 nitrogen and oxygen atoms in total. The lowest BCUT2D eigenvalue weighted by Gasteiger charge is -2.14. The summed E-state index contributed by atoms with van der Waals surface area (Å²) in [6.07, 6.45) is 0. The zero-order chi connectivity index (χ0) is 11.8. The predicted molar refractivity (Wildman–Crippen MR) is 64.4 cm³/mol. The highest BCUT2D eigenvalue weighted by Gasteiger charge is 2.10. The number of hydrogen-bond donors (Lipinski definition) is 2. The molecule has 1 atom stereocenters. The highest BCUT2D eigenvalue weighted by atomic mass is 16.5. The number of ether oxygens (including phenoxy) is 1. The van der Waals surface area contributed by atoms with Gasteiger partial charge < -0.3 is 15.4 Å². The van der Waals surface area contributed by atoms with E-state index >= 15 is 0 Å². The van der Waals surface area contributed by atoms with Gasteiger partial charge in [-0.2, -0.15) is 0 Å². The molecule has 0 aliphatic rings. The van der Waals surface area contributed by atoms with Gasteiger partial charge in [-0.3, -0.25) is 4.79 Å². The van der Waals surface area contributed by atoms with Crippen LogP contribution in [0.1, 0.15) is 6.92 Å². The molecular weight excluding hydrogens is 204 g/mol. The Kier molecular flexibility index (Phi) is 5.36. The summed E-state index contributed by atoms with van der Waals surface area (Å²) in [7, 11) is 1.61. The maximum atomic E-state index is 11.6. The number of anilines is 1. The summed E-state index contributed by atoms with van der Waals surface area (Å²) in [6, 6.07) is 9.40. The molecule has 4 heteroatoms. The van der Waals surface area contributed by atoms with Crippen molar-refractivity contribution in [2.75, 3.05) is 25.6 Å². The summed E-state index contributed by atoms with van der Waals surface area (Å²) in [4.78, 5) is 11.6. The zero-order valence-corrected chi connectivity index (χ0v) is 9.69. The summed E-state index contributed by atoms with van der Waals surface area (Å²) in [6.45, 7) is 2.90. The van der Waals surface area contributed by atoms with Crippen LogP contribution in [0.25, 0.3) is 0 Å². The molecule has 1 aromatic rings. The van der Waals surface area contributed by atoms with E-state index in [1.165, 1.54) is 0 Å². The average molecular weight is 222 g/mol. The first-order valence-electron chi connectivity index (χ1n) is 5.32. The van der Waals surface area contributed by atoms with E-state index < -0.39 is 0 Å². The number of rotatable bonds is 6. The van der Waals surface area contributed by atoms with Crippen LogP contribution in [0.15, 0.2) is 30.3 Å². The Bertz CT molecular complexity index is 314. The molecular formula is C12H18N2O2. The third kappa shape index (κ3) is 4.31. The molecule has 1 unspecified atom stereocenters. The summed E-state index contributed by atoms with van der Waals surface area (Å²) in [5.74, 6) is -0.0269. The minimum atomic E-state index is -0.251. The SMILES string of the molecule is COCCNC(=O)C(C)Nc1ccccc1. The van der Waals surface area contributed by atoms with Crippen molar-refractivity contribution in [1.29, 1.82) is 0 Å². The molecule has 0 saturated carbocycles. The van der Waals surface area contributed by atoms with Crippen LogP contribution in [0.2, 0.25) is 0 Å². The first-order chi connectivity index (χ1) is 7.74. The van der Waals surface area contributed by atoms with Crippen LogP contribution in [0.5, 0.6) is 0 Å². The van der Waals surface area contributed by atoms with Crippen LogP contribution in [0, 0.1) is 0 Å². The van der Waals surface area contributed by atoms with Crippen LogP contribution in [-0.2, 0) is 9.53 Å². The maximum Gasteiger partial charge on any atom is 0.242 e. The highest BCUT2D eigenvalue weighted by molar-refractivity contribution is 5.84. The largest absolute Gasteiger partial charge is 0.383 e. The molecule has 0 bridgehead atoms. The van der Waals surface area contributed by atoms with Crippen molar-refractivity contribution >= 4 is 11.6 Å². The Morgan fingerprint density at radius 3 is 2.69 bits per heavy atom. The molecule has 0 aliphatic carbocycles. The molecule has 88 valence electrons. The van der Waals surface area contributed by atoms with E-state index in [0.29, 0.717) is 13.2 Å². The quantitative estimate of drug-likeness (QED) is 0.712. The van der Waals surface area contributed by atoms with Gasteiger partial charge in [0.05, 0.1) is 6.61 Å². The smallest absolute Gasteiger partial charge is 0.242 e. The number of carbonyl (C=O) groups is 1. The number of amides is 1. The second-order valence-electron chi connectivity index (χ2n) is 3.52. The minimum absolute atomic E-state index is 0.0269. The molecule has 0 radical (unpaired) electrons. The van der Waals surface area contributed by atoms with E-state index in [1.54, 1.807) is 7.11 Å². The second-order valence-corrected chi connectivity index (χ2v) is 3.52. The third-order valence-electron chi connectivity index (χ3n) is 2.16. The topological polar surface area (TPSA) is 50.4 Å². The molecule has 0 aromatic heterocycles. The lowest BCUT2D eigenvalue weighted by molar-refractivity contribution is -0.121. The molecule has 0 saturated heterocycles. The lowest BCUT2D eigenvalue weighted by atomic mass is 10.2. The second kappa shape index (κ2) is 6.85. The van der Waals surface area contributed by atoms with Gasteiger partial charge in [0.1, 0.15) is 6.04 Å². The summed E-state index contributed by atoms with van der Waals surface area (Å²) >= 11 is 0. The first-order valence-corrected chi connectivity index (χ1v) is 5.32. The van der Waals surface area contributed by atoms with Gasteiger partial charge in [-0.15, -0.1) is 0 Å². The Labute approximate surface area is 96.0 Å². The van der Waals surface area contributed by atoms with Crippen molar-refractivity contribution in [3.05, 3.63) is 30.3 Å². The van der Waals surface area contributed by atoms with Gasteiger partial charge in [-0.05, 0) is 19.1 Å². The van der Waals surface area contributed by atoms with E-state index in [0.717, 1.165) is 5.69 Å². The van der Waals surface area contributed by atoms with Crippen LogP contribution < -0.4 is 10.6 Å². The Morgan fingerprint density at radius 2 is 2.06 bits per heavy atom. The molecule has 2 N–H and O–H groups in total. The standard InChI is InChI=1S/C12H18N2O2/c1-10(12(15)13-8-9-16-2)14-11-6-4-3-5-7-11/h3-7,10,14H,8-9H2,1-2H3,(H,13,15).